The molecule has 1 unspecified atom stereocenters. The Kier molecular flexibility index (Phi) is 5.53. The third-order valence-corrected chi connectivity index (χ3v) is 5.65. The Bertz CT molecular complexity index is 920. The fraction of sp³-hybridized carbons (Fsp3) is 0.462. The molecule has 0 bridgehead atoms. The lowest BCUT2D eigenvalue weighted by atomic mass is 9.75. The Labute approximate surface area is 157 Å². The van der Waals surface area contributed by atoms with Crippen molar-refractivity contribution in [2.45, 2.75) is 25.8 Å². The summed E-state index contributed by atoms with van der Waals surface area (Å²) < 4.78 is 32.0. The Morgan fingerprint density at radius 2 is 2.11 bits per heavy atom. The Morgan fingerprint density at radius 3 is 2.56 bits per heavy atom. The SMILES string of the molecule is CC1(C)C(CC(=O)/C(=N\OCC(=O)O)c2csc(N)n2)C(=O)N1S(=O)(=O)O. The number of carbonyl (C=O) groups is 3. The molecule has 148 valence electrons. The number of Topliss-reactive ketones (excluding diaryl/α,β-unsaturated/α-hetero) is 1. The van der Waals surface area contributed by atoms with E-state index >= 15 is 0 Å². The van der Waals surface area contributed by atoms with Gasteiger partial charge in [0.05, 0.1) is 11.5 Å². The van der Waals surface area contributed by atoms with Gasteiger partial charge in [-0.2, -0.15) is 8.42 Å². The van der Waals surface area contributed by atoms with Crippen LogP contribution in [0, 0.1) is 5.92 Å². The van der Waals surface area contributed by atoms with Gasteiger partial charge in [-0.05, 0) is 13.8 Å². The monoisotopic (exact) mass is 420 g/mol. The van der Waals surface area contributed by atoms with Gasteiger partial charge in [0.1, 0.15) is 5.69 Å². The second-order valence-corrected chi connectivity index (χ2v) is 8.24. The number of β-lactam (4-membered cyclic amide) rings is 1. The molecule has 1 aromatic rings. The van der Waals surface area contributed by atoms with E-state index in [2.05, 4.69) is 15.0 Å². The van der Waals surface area contributed by atoms with Crippen LogP contribution in [-0.2, 0) is 29.5 Å². The summed E-state index contributed by atoms with van der Waals surface area (Å²) in [6.45, 7) is 1.94. The lowest BCUT2D eigenvalue weighted by Gasteiger charge is -2.50. The van der Waals surface area contributed by atoms with Gasteiger partial charge in [0.25, 0.3) is 0 Å². The summed E-state index contributed by atoms with van der Waals surface area (Å²) in [5, 5.41) is 13.6. The molecule has 1 amide bonds. The average Bonchev–Trinajstić information content (AvgIpc) is 2.93. The van der Waals surface area contributed by atoms with E-state index in [0.29, 0.717) is 0 Å². The van der Waals surface area contributed by atoms with Crippen molar-refractivity contribution in [2.75, 3.05) is 12.3 Å². The molecule has 0 spiro atoms. The summed E-state index contributed by atoms with van der Waals surface area (Å²) in [5.41, 5.74) is 3.86. The highest BCUT2D eigenvalue weighted by Crippen LogP contribution is 2.41. The number of aromatic nitrogens is 1. The molecule has 14 heteroatoms. The molecular weight excluding hydrogens is 404 g/mol. The summed E-state index contributed by atoms with van der Waals surface area (Å²) in [5.74, 6) is -4.04. The first kappa shape index (κ1) is 20.7. The van der Waals surface area contributed by atoms with Crippen LogP contribution in [0.1, 0.15) is 26.0 Å². The van der Waals surface area contributed by atoms with Crippen LogP contribution in [-0.4, -0.2) is 62.9 Å². The van der Waals surface area contributed by atoms with E-state index in [9.17, 15) is 22.8 Å². The molecule has 0 radical (unpaired) electrons. The van der Waals surface area contributed by atoms with Gasteiger partial charge in [-0.1, -0.05) is 5.16 Å². The van der Waals surface area contributed by atoms with Gasteiger partial charge in [-0.3, -0.25) is 14.1 Å². The molecule has 12 nitrogen and oxygen atoms in total. The maximum Gasteiger partial charge on any atom is 0.362 e. The lowest BCUT2D eigenvalue weighted by Crippen LogP contribution is -2.69. The molecular formula is C13H16N4O8S2. The fourth-order valence-electron chi connectivity index (χ4n) is 2.62. The number of nitrogens with two attached hydrogens (primary N) is 1. The van der Waals surface area contributed by atoms with Crippen molar-refractivity contribution in [2.24, 2.45) is 11.1 Å². The number of thiazole rings is 1. The van der Waals surface area contributed by atoms with Crippen molar-refractivity contribution >= 4 is 50.1 Å². The predicted octanol–water partition coefficient (Wildman–Crippen LogP) is -0.470. The summed E-state index contributed by atoms with van der Waals surface area (Å²) >= 11 is 1.01. The van der Waals surface area contributed by atoms with Crippen molar-refractivity contribution in [3.8, 4) is 0 Å². The number of oxime groups is 1. The van der Waals surface area contributed by atoms with Crippen molar-refractivity contribution in [1.29, 1.82) is 0 Å². The number of rotatable bonds is 8. The normalized spacial score (nSPS) is 19.5. The summed E-state index contributed by atoms with van der Waals surface area (Å²) in [7, 11) is -4.76. The van der Waals surface area contributed by atoms with Gasteiger partial charge in [-0.15, -0.1) is 11.3 Å². The van der Waals surface area contributed by atoms with Crippen LogP contribution in [0.3, 0.4) is 0 Å². The largest absolute Gasteiger partial charge is 0.479 e. The third-order valence-electron chi connectivity index (χ3n) is 3.87. The van der Waals surface area contributed by atoms with E-state index in [1.165, 1.54) is 19.2 Å². The van der Waals surface area contributed by atoms with Crippen LogP contribution in [0.2, 0.25) is 0 Å². The first-order valence-corrected chi connectivity index (χ1v) is 9.61. The second kappa shape index (κ2) is 7.21. The van der Waals surface area contributed by atoms with E-state index in [1.54, 1.807) is 0 Å². The number of carboxylic acids is 1. The Hall–Kier alpha value is -2.58. The minimum atomic E-state index is -4.76. The molecule has 1 fully saturated rings. The molecule has 27 heavy (non-hydrogen) atoms. The van der Waals surface area contributed by atoms with Crippen LogP contribution < -0.4 is 5.73 Å². The molecule has 2 heterocycles. The quantitative estimate of drug-likeness (QED) is 0.214. The Morgan fingerprint density at radius 1 is 1.48 bits per heavy atom. The molecule has 0 aromatic carbocycles. The van der Waals surface area contributed by atoms with Crippen molar-refractivity contribution in [3.05, 3.63) is 11.1 Å². The number of nitrogen functional groups attached to an aromatic ring is 1. The number of hydrogen-bond donors (Lipinski definition) is 3. The van der Waals surface area contributed by atoms with Gasteiger partial charge >= 0.3 is 16.3 Å². The zero-order valence-corrected chi connectivity index (χ0v) is 15.8. The molecule has 0 aliphatic carbocycles. The summed E-state index contributed by atoms with van der Waals surface area (Å²) in [6, 6.07) is 0. The zero-order valence-electron chi connectivity index (χ0n) is 14.1. The van der Waals surface area contributed by atoms with Gasteiger partial charge in [0.15, 0.2) is 16.6 Å². The highest BCUT2D eigenvalue weighted by molar-refractivity contribution is 7.84. The number of nitrogens with zero attached hydrogens (tertiary/aromatic N) is 3. The van der Waals surface area contributed by atoms with E-state index in [1.807, 2.05) is 0 Å². The maximum atomic E-state index is 12.6. The molecule has 1 aliphatic heterocycles. The highest BCUT2D eigenvalue weighted by Gasteiger charge is 2.59. The van der Waals surface area contributed by atoms with Crippen LogP contribution in [0.5, 0.6) is 0 Å². The molecule has 0 saturated carbocycles. The van der Waals surface area contributed by atoms with Crippen molar-refractivity contribution in [1.82, 2.24) is 9.29 Å². The predicted molar refractivity (Wildman–Crippen MR) is 92.2 cm³/mol. The first-order chi connectivity index (χ1) is 12.4. The number of hydrogen-bond acceptors (Lipinski definition) is 10. The molecule has 1 atom stereocenters. The van der Waals surface area contributed by atoms with Crippen LogP contribution >= 0.6 is 11.3 Å². The lowest BCUT2D eigenvalue weighted by molar-refractivity contribution is -0.156. The number of ketones is 1. The summed E-state index contributed by atoms with van der Waals surface area (Å²) in [6.07, 6.45) is -0.454. The fourth-order valence-corrected chi connectivity index (χ4v) is 4.25. The standard InChI is InChI=1S/C13H16N4O8S2/c1-13(2)6(11(21)17(13)27(22,23)24)3-8(18)10(16-25-4-9(19)20)7-5-26-12(14)15-7/h5-6H,3-4H2,1-2H3,(H2,14,15)(H,19,20)(H,22,23,24)/b16-10-. The smallest absolute Gasteiger partial charge is 0.362 e. The first-order valence-electron chi connectivity index (χ1n) is 7.33. The minimum Gasteiger partial charge on any atom is -0.479 e. The van der Waals surface area contributed by atoms with E-state index in [4.69, 9.17) is 15.4 Å². The van der Waals surface area contributed by atoms with Crippen LogP contribution in [0.25, 0.3) is 0 Å². The van der Waals surface area contributed by atoms with E-state index < -0.39 is 52.4 Å². The number of anilines is 1. The van der Waals surface area contributed by atoms with E-state index in [-0.39, 0.29) is 20.8 Å². The average molecular weight is 420 g/mol. The van der Waals surface area contributed by atoms with E-state index in [0.717, 1.165) is 11.3 Å². The molecule has 4 N–H and O–H groups in total. The van der Waals surface area contributed by atoms with Gasteiger partial charge in [-0.25, -0.2) is 14.1 Å². The van der Waals surface area contributed by atoms with Gasteiger partial charge in [0.2, 0.25) is 12.5 Å². The summed E-state index contributed by atoms with van der Waals surface area (Å²) in [4.78, 5) is 43.7. The number of amides is 1. The van der Waals surface area contributed by atoms with Gasteiger partial charge in [0, 0.05) is 11.8 Å². The zero-order chi connectivity index (χ0) is 20.6. The Balaban J connectivity index is 2.24. The molecule has 1 saturated heterocycles. The van der Waals surface area contributed by atoms with Crippen molar-refractivity contribution in [3.63, 3.8) is 0 Å². The molecule has 1 aromatic heterocycles. The van der Waals surface area contributed by atoms with Crippen LogP contribution in [0.15, 0.2) is 10.5 Å². The molecule has 2 rings (SSSR count). The van der Waals surface area contributed by atoms with Gasteiger partial charge < -0.3 is 15.7 Å². The van der Waals surface area contributed by atoms with Crippen molar-refractivity contribution < 1.29 is 37.3 Å². The molecule has 1 aliphatic rings. The topological polar surface area (TPSA) is 190 Å². The highest BCUT2D eigenvalue weighted by atomic mass is 32.2. The maximum absolute atomic E-state index is 12.6. The minimum absolute atomic E-state index is 0.0316. The third kappa shape index (κ3) is 4.23. The number of aliphatic carboxylic acids is 1. The second-order valence-electron chi connectivity index (χ2n) is 6.09. The van der Waals surface area contributed by atoms with Crippen LogP contribution in [0.4, 0.5) is 5.13 Å². The number of carboxylic acid groups (broad SMARTS) is 1. The number of carbonyl (C=O) groups excluding carboxylic acids is 2.